The fraction of sp³-hybridized carbons (Fsp3) is 0.440. The van der Waals surface area contributed by atoms with E-state index in [9.17, 15) is 14.0 Å². The number of rotatable bonds is 8. The van der Waals surface area contributed by atoms with Crippen LogP contribution in [0.3, 0.4) is 0 Å². The maximum Gasteiger partial charge on any atom is 0.322 e. The number of amides is 3. The largest absolute Gasteiger partial charge is 0.377 e. The molecular formula is C25H33FN4O2. The van der Waals surface area contributed by atoms with Crippen LogP contribution in [0.5, 0.6) is 0 Å². The zero-order chi connectivity index (χ0) is 23.4. The van der Waals surface area contributed by atoms with E-state index in [4.69, 9.17) is 0 Å². The SMILES string of the molecule is CC(C)[C@H](C)N(Cc1cc(NC(=O)C2CC2)ccc1N(C)C)C(=O)Nc1cccc(F)c1. The lowest BCUT2D eigenvalue weighted by atomic mass is 10.0. The number of carbonyl (C=O) groups is 2. The van der Waals surface area contributed by atoms with Crippen LogP contribution in [0.1, 0.15) is 39.2 Å². The third kappa shape index (κ3) is 5.99. The van der Waals surface area contributed by atoms with Crippen LogP contribution in [0.4, 0.5) is 26.2 Å². The van der Waals surface area contributed by atoms with Crippen LogP contribution < -0.4 is 15.5 Å². The van der Waals surface area contributed by atoms with Gasteiger partial charge in [-0.05, 0) is 67.6 Å². The Morgan fingerprint density at radius 1 is 1.03 bits per heavy atom. The van der Waals surface area contributed by atoms with Crippen LogP contribution in [-0.4, -0.2) is 37.0 Å². The van der Waals surface area contributed by atoms with E-state index >= 15 is 0 Å². The van der Waals surface area contributed by atoms with E-state index in [1.54, 1.807) is 17.0 Å². The van der Waals surface area contributed by atoms with E-state index in [0.29, 0.717) is 12.2 Å². The average molecular weight is 441 g/mol. The molecule has 1 saturated carbocycles. The van der Waals surface area contributed by atoms with Crippen LogP contribution >= 0.6 is 0 Å². The molecule has 7 heteroatoms. The van der Waals surface area contributed by atoms with Crippen LogP contribution in [0.15, 0.2) is 42.5 Å². The third-order valence-corrected chi connectivity index (χ3v) is 5.91. The molecule has 2 aromatic carbocycles. The quantitative estimate of drug-likeness (QED) is 0.584. The number of nitrogens with zero attached hydrogens (tertiary/aromatic N) is 2. The molecule has 0 aromatic heterocycles. The summed E-state index contributed by atoms with van der Waals surface area (Å²) in [4.78, 5) is 29.2. The second-order valence-electron chi connectivity index (χ2n) is 9.05. The molecular weight excluding hydrogens is 407 g/mol. The fourth-order valence-electron chi connectivity index (χ4n) is 3.52. The maximum absolute atomic E-state index is 13.6. The van der Waals surface area contributed by atoms with E-state index in [1.165, 1.54) is 12.1 Å². The minimum atomic E-state index is -0.403. The topological polar surface area (TPSA) is 64.7 Å². The fourth-order valence-corrected chi connectivity index (χ4v) is 3.52. The number of benzene rings is 2. The number of halogens is 1. The Kier molecular flexibility index (Phi) is 7.38. The van der Waals surface area contributed by atoms with Gasteiger partial charge in [0.05, 0.1) is 0 Å². The Morgan fingerprint density at radius 3 is 2.31 bits per heavy atom. The standard InChI is InChI=1S/C25H33FN4O2/c1-16(2)17(3)30(25(32)28-21-8-6-7-20(26)14-21)15-19-13-22(11-12-23(19)29(4)5)27-24(31)18-9-10-18/h6-8,11-14,16-18H,9-10,15H2,1-5H3,(H,27,31)(H,28,32)/t17-/m0/s1. The van der Waals surface area contributed by atoms with Crippen molar-refractivity contribution in [3.05, 3.63) is 53.8 Å². The minimum absolute atomic E-state index is 0.0461. The van der Waals surface area contributed by atoms with Crippen LogP contribution in [0.25, 0.3) is 0 Å². The van der Waals surface area contributed by atoms with Gasteiger partial charge in [-0.25, -0.2) is 9.18 Å². The van der Waals surface area contributed by atoms with Gasteiger partial charge >= 0.3 is 6.03 Å². The van der Waals surface area contributed by atoms with E-state index in [0.717, 1.165) is 29.8 Å². The molecule has 6 nitrogen and oxygen atoms in total. The van der Waals surface area contributed by atoms with Gasteiger partial charge in [0.1, 0.15) is 5.82 Å². The molecule has 1 atom stereocenters. The molecule has 3 rings (SSSR count). The molecule has 3 amide bonds. The highest BCUT2D eigenvalue weighted by atomic mass is 19.1. The van der Waals surface area contributed by atoms with Crippen LogP contribution in [0, 0.1) is 17.7 Å². The van der Waals surface area contributed by atoms with Crippen molar-refractivity contribution in [3.8, 4) is 0 Å². The normalized spacial score (nSPS) is 14.1. The third-order valence-electron chi connectivity index (χ3n) is 5.91. The van der Waals surface area contributed by atoms with Gasteiger partial charge in [0.2, 0.25) is 5.91 Å². The summed E-state index contributed by atoms with van der Waals surface area (Å²) in [6.07, 6.45) is 1.88. The van der Waals surface area contributed by atoms with Gasteiger partial charge in [-0.3, -0.25) is 4.79 Å². The lowest BCUT2D eigenvalue weighted by Gasteiger charge is -2.33. The number of carbonyl (C=O) groups excluding carboxylic acids is 2. The monoisotopic (exact) mass is 440 g/mol. The minimum Gasteiger partial charge on any atom is -0.377 e. The molecule has 172 valence electrons. The van der Waals surface area contributed by atoms with Crippen molar-refractivity contribution in [2.24, 2.45) is 11.8 Å². The Hall–Kier alpha value is -3.09. The molecule has 2 N–H and O–H groups in total. The molecule has 0 spiro atoms. The summed E-state index contributed by atoms with van der Waals surface area (Å²) in [5.74, 6) is -0.0274. The first-order chi connectivity index (χ1) is 15.2. The molecule has 0 bridgehead atoms. The van der Waals surface area contributed by atoms with Crippen LogP contribution in [-0.2, 0) is 11.3 Å². The van der Waals surface area contributed by atoms with Crippen molar-refractivity contribution in [1.82, 2.24) is 4.90 Å². The maximum atomic E-state index is 13.6. The molecule has 0 aliphatic heterocycles. The van der Waals surface area contributed by atoms with Crippen molar-refractivity contribution < 1.29 is 14.0 Å². The first-order valence-corrected chi connectivity index (χ1v) is 11.1. The molecule has 32 heavy (non-hydrogen) atoms. The molecule has 2 aromatic rings. The summed E-state index contributed by atoms with van der Waals surface area (Å²) in [7, 11) is 3.90. The van der Waals surface area contributed by atoms with Crippen molar-refractivity contribution >= 4 is 29.0 Å². The lowest BCUT2D eigenvalue weighted by Crippen LogP contribution is -2.43. The summed E-state index contributed by atoms with van der Waals surface area (Å²) in [5, 5.41) is 5.81. The van der Waals surface area contributed by atoms with Gasteiger partial charge < -0.3 is 20.4 Å². The van der Waals surface area contributed by atoms with Crippen molar-refractivity contribution in [2.75, 3.05) is 29.6 Å². The zero-order valence-electron chi connectivity index (χ0n) is 19.5. The Balaban J connectivity index is 1.87. The second-order valence-corrected chi connectivity index (χ2v) is 9.05. The van der Waals surface area contributed by atoms with Gasteiger partial charge in [0.15, 0.2) is 0 Å². The number of hydrogen-bond acceptors (Lipinski definition) is 3. The lowest BCUT2D eigenvalue weighted by molar-refractivity contribution is -0.117. The highest BCUT2D eigenvalue weighted by Crippen LogP contribution is 2.31. The molecule has 0 radical (unpaired) electrons. The van der Waals surface area contributed by atoms with Gasteiger partial charge in [-0.15, -0.1) is 0 Å². The summed E-state index contributed by atoms with van der Waals surface area (Å²) in [5.41, 5.74) is 3.03. The van der Waals surface area contributed by atoms with Gasteiger partial charge in [0, 0.05) is 49.7 Å². The first-order valence-electron chi connectivity index (χ1n) is 11.1. The Bertz CT molecular complexity index is 972. The van der Waals surface area contributed by atoms with Crippen molar-refractivity contribution in [3.63, 3.8) is 0 Å². The second kappa shape index (κ2) is 10.0. The summed E-state index contributed by atoms with van der Waals surface area (Å²) in [6.45, 7) is 6.48. The van der Waals surface area contributed by atoms with Crippen molar-refractivity contribution in [2.45, 2.75) is 46.2 Å². The average Bonchev–Trinajstić information content (AvgIpc) is 3.56. The van der Waals surface area contributed by atoms with Gasteiger partial charge in [0.25, 0.3) is 0 Å². The van der Waals surface area contributed by atoms with Gasteiger partial charge in [-0.2, -0.15) is 0 Å². The predicted octanol–water partition coefficient (Wildman–Crippen LogP) is 5.32. The Labute approximate surface area is 189 Å². The molecule has 0 saturated heterocycles. The summed E-state index contributed by atoms with van der Waals surface area (Å²) >= 11 is 0. The van der Waals surface area contributed by atoms with E-state index in [-0.39, 0.29) is 29.8 Å². The smallest absolute Gasteiger partial charge is 0.322 e. The Morgan fingerprint density at radius 2 is 1.72 bits per heavy atom. The highest BCUT2D eigenvalue weighted by molar-refractivity contribution is 5.94. The van der Waals surface area contributed by atoms with E-state index in [2.05, 4.69) is 24.5 Å². The number of hydrogen-bond donors (Lipinski definition) is 2. The summed E-state index contributed by atoms with van der Waals surface area (Å²) < 4.78 is 13.6. The molecule has 1 aliphatic rings. The predicted molar refractivity (Wildman–Crippen MR) is 127 cm³/mol. The van der Waals surface area contributed by atoms with Crippen LogP contribution in [0.2, 0.25) is 0 Å². The zero-order valence-corrected chi connectivity index (χ0v) is 19.5. The summed E-state index contributed by atoms with van der Waals surface area (Å²) in [6, 6.07) is 11.3. The first kappa shape index (κ1) is 23.6. The number of anilines is 3. The van der Waals surface area contributed by atoms with E-state index in [1.807, 2.05) is 44.1 Å². The number of nitrogens with one attached hydrogen (secondary N) is 2. The number of urea groups is 1. The van der Waals surface area contributed by atoms with E-state index < -0.39 is 5.82 Å². The molecule has 1 aliphatic carbocycles. The molecule has 1 fully saturated rings. The molecule has 0 heterocycles. The van der Waals surface area contributed by atoms with Gasteiger partial charge in [-0.1, -0.05) is 19.9 Å². The molecule has 0 unspecified atom stereocenters. The highest BCUT2D eigenvalue weighted by Gasteiger charge is 2.30. The van der Waals surface area contributed by atoms with Crippen molar-refractivity contribution in [1.29, 1.82) is 0 Å².